The summed E-state index contributed by atoms with van der Waals surface area (Å²) < 4.78 is 7.84. The van der Waals surface area contributed by atoms with Gasteiger partial charge in [-0.2, -0.15) is 0 Å². The van der Waals surface area contributed by atoms with Crippen LogP contribution in [0.15, 0.2) is 6.20 Å². The molecule has 7 nitrogen and oxygen atoms in total. The van der Waals surface area contributed by atoms with E-state index in [1.54, 1.807) is 0 Å². The Bertz CT molecular complexity index is 483. The van der Waals surface area contributed by atoms with Gasteiger partial charge in [0.2, 0.25) is 5.91 Å². The lowest BCUT2D eigenvalue weighted by molar-refractivity contribution is -0.141. The predicted molar refractivity (Wildman–Crippen MR) is 71.7 cm³/mol. The van der Waals surface area contributed by atoms with Crippen molar-refractivity contribution >= 4 is 5.91 Å². The van der Waals surface area contributed by atoms with E-state index in [-0.39, 0.29) is 18.1 Å². The third-order valence-electron chi connectivity index (χ3n) is 4.32. The van der Waals surface area contributed by atoms with Gasteiger partial charge in [0, 0.05) is 6.61 Å². The fourth-order valence-corrected chi connectivity index (χ4v) is 2.98. The first-order chi connectivity index (χ1) is 9.71. The number of ether oxygens (including phenoxy) is 1. The summed E-state index contributed by atoms with van der Waals surface area (Å²) in [7, 11) is 0. The highest BCUT2D eigenvalue weighted by molar-refractivity contribution is 5.77. The summed E-state index contributed by atoms with van der Waals surface area (Å²) in [6.07, 6.45) is 7.50. The highest BCUT2D eigenvalue weighted by atomic mass is 16.5. The number of nitrogens with one attached hydrogen (secondary N) is 1. The van der Waals surface area contributed by atoms with Crippen LogP contribution in [0, 0.1) is 0 Å². The second-order valence-corrected chi connectivity index (χ2v) is 5.70. The lowest BCUT2D eigenvalue weighted by atomic mass is 9.74. The van der Waals surface area contributed by atoms with Crippen LogP contribution in [0.1, 0.15) is 43.8 Å². The Balaban J connectivity index is 1.60. The first-order valence-corrected chi connectivity index (χ1v) is 7.22. The molecule has 1 unspecified atom stereocenters. The number of hydrogen-bond donors (Lipinski definition) is 2. The van der Waals surface area contributed by atoms with E-state index >= 15 is 0 Å². The minimum atomic E-state index is -0.181. The normalized spacial score (nSPS) is 24.4. The summed E-state index contributed by atoms with van der Waals surface area (Å²) in [4.78, 5) is 11.1. The Hall–Kier alpha value is -1.47. The Kier molecular flexibility index (Phi) is 3.71. The summed E-state index contributed by atoms with van der Waals surface area (Å²) in [5, 5.41) is 11.0. The molecule has 1 saturated carbocycles. The van der Waals surface area contributed by atoms with Crippen LogP contribution in [-0.4, -0.2) is 39.7 Å². The third kappa shape index (κ3) is 2.69. The first kappa shape index (κ1) is 13.5. The van der Waals surface area contributed by atoms with Gasteiger partial charge in [0.25, 0.3) is 0 Å². The summed E-state index contributed by atoms with van der Waals surface area (Å²) in [5.74, 6) is -0.181. The highest BCUT2D eigenvalue weighted by Crippen LogP contribution is 2.45. The van der Waals surface area contributed by atoms with Crippen molar-refractivity contribution < 1.29 is 9.53 Å². The first-order valence-electron chi connectivity index (χ1n) is 7.22. The molecule has 7 heteroatoms. The van der Waals surface area contributed by atoms with Gasteiger partial charge >= 0.3 is 0 Å². The molecule has 20 heavy (non-hydrogen) atoms. The fourth-order valence-electron chi connectivity index (χ4n) is 2.98. The summed E-state index contributed by atoms with van der Waals surface area (Å²) in [6.45, 7) is 1.17. The number of amides is 1. The minimum Gasteiger partial charge on any atom is -0.375 e. The second kappa shape index (κ2) is 5.49. The van der Waals surface area contributed by atoms with Crippen LogP contribution in [0.25, 0.3) is 0 Å². The van der Waals surface area contributed by atoms with Gasteiger partial charge in [0.05, 0.1) is 30.9 Å². The van der Waals surface area contributed by atoms with Crippen LogP contribution in [-0.2, 0) is 16.1 Å². The van der Waals surface area contributed by atoms with Crippen molar-refractivity contribution in [1.29, 1.82) is 0 Å². The lowest BCUT2D eigenvalue weighted by Crippen LogP contribution is -2.46. The highest BCUT2D eigenvalue weighted by Gasteiger charge is 2.43. The number of nitrogens with two attached hydrogens (primary N) is 1. The molecule has 0 radical (unpaired) electrons. The van der Waals surface area contributed by atoms with Crippen molar-refractivity contribution in [3.05, 3.63) is 11.9 Å². The molecular weight excluding hydrogens is 258 g/mol. The number of nitrogens with zero attached hydrogens (tertiary/aromatic N) is 3. The van der Waals surface area contributed by atoms with Gasteiger partial charge in [-0.05, 0) is 32.1 Å². The number of hydrogen-bond acceptors (Lipinski definition) is 5. The van der Waals surface area contributed by atoms with E-state index in [1.807, 2.05) is 10.9 Å². The standard InChI is InChI=1S/C13H21N5O2/c14-7-12(19)15-8-10-9-18(17-16-10)11-2-5-20-13(6-11)3-1-4-13/h9,11H,1-8,14H2,(H,15,19). The molecule has 1 aromatic heterocycles. The molecule has 110 valence electrons. The van der Waals surface area contributed by atoms with Gasteiger partial charge in [0.15, 0.2) is 0 Å². The number of rotatable bonds is 4. The summed E-state index contributed by atoms with van der Waals surface area (Å²) in [6, 6.07) is 0.357. The number of carbonyl (C=O) groups excluding carboxylic acids is 1. The zero-order valence-corrected chi connectivity index (χ0v) is 11.5. The van der Waals surface area contributed by atoms with Crippen molar-refractivity contribution in [3.63, 3.8) is 0 Å². The Morgan fingerprint density at radius 3 is 3.15 bits per heavy atom. The monoisotopic (exact) mass is 279 g/mol. The van der Waals surface area contributed by atoms with Gasteiger partial charge in [-0.25, -0.2) is 4.68 Å². The van der Waals surface area contributed by atoms with Gasteiger partial charge in [-0.3, -0.25) is 4.79 Å². The molecule has 1 aromatic rings. The van der Waals surface area contributed by atoms with E-state index in [0.717, 1.165) is 38.0 Å². The summed E-state index contributed by atoms with van der Waals surface area (Å²) in [5.41, 5.74) is 6.11. The molecule has 2 heterocycles. The van der Waals surface area contributed by atoms with Crippen molar-refractivity contribution in [2.45, 2.75) is 50.3 Å². The predicted octanol–water partition coefficient (Wildman–Crippen LogP) is 0.127. The number of aromatic nitrogens is 3. The Labute approximate surface area is 117 Å². The van der Waals surface area contributed by atoms with Crippen molar-refractivity contribution in [3.8, 4) is 0 Å². The number of carbonyl (C=O) groups is 1. The van der Waals surface area contributed by atoms with Gasteiger partial charge < -0.3 is 15.8 Å². The average molecular weight is 279 g/mol. The van der Waals surface area contributed by atoms with E-state index in [4.69, 9.17) is 10.5 Å². The van der Waals surface area contributed by atoms with Crippen LogP contribution >= 0.6 is 0 Å². The van der Waals surface area contributed by atoms with Crippen LogP contribution in [0.2, 0.25) is 0 Å². The van der Waals surface area contributed by atoms with E-state index in [2.05, 4.69) is 15.6 Å². The Morgan fingerprint density at radius 1 is 1.60 bits per heavy atom. The molecule has 0 aromatic carbocycles. The maximum atomic E-state index is 11.1. The molecule has 3 N–H and O–H groups in total. The van der Waals surface area contributed by atoms with Crippen LogP contribution in [0.4, 0.5) is 0 Å². The quantitative estimate of drug-likeness (QED) is 0.816. The molecule has 1 aliphatic carbocycles. The zero-order valence-electron chi connectivity index (χ0n) is 11.5. The zero-order chi connectivity index (χ0) is 14.0. The molecule has 3 rings (SSSR count). The van der Waals surface area contributed by atoms with Gasteiger partial charge in [-0.1, -0.05) is 5.21 Å². The molecule has 1 atom stereocenters. The molecule has 2 fully saturated rings. The molecule has 1 spiro atoms. The van der Waals surface area contributed by atoms with Crippen molar-refractivity contribution in [2.24, 2.45) is 5.73 Å². The van der Waals surface area contributed by atoms with Crippen LogP contribution in [0.3, 0.4) is 0 Å². The van der Waals surface area contributed by atoms with E-state index in [0.29, 0.717) is 12.6 Å². The summed E-state index contributed by atoms with van der Waals surface area (Å²) >= 11 is 0. The van der Waals surface area contributed by atoms with E-state index in [9.17, 15) is 4.79 Å². The molecule has 1 aliphatic heterocycles. The molecule has 2 aliphatic rings. The smallest absolute Gasteiger partial charge is 0.234 e. The molecular formula is C13H21N5O2. The minimum absolute atomic E-state index is 0.00335. The lowest BCUT2D eigenvalue weighted by Gasteiger charge is -2.47. The Morgan fingerprint density at radius 2 is 2.45 bits per heavy atom. The largest absolute Gasteiger partial charge is 0.375 e. The van der Waals surface area contributed by atoms with Crippen LogP contribution in [0.5, 0.6) is 0 Å². The van der Waals surface area contributed by atoms with E-state index < -0.39 is 0 Å². The second-order valence-electron chi connectivity index (χ2n) is 5.70. The maximum Gasteiger partial charge on any atom is 0.234 e. The topological polar surface area (TPSA) is 95.1 Å². The molecule has 1 amide bonds. The van der Waals surface area contributed by atoms with Crippen molar-refractivity contribution in [1.82, 2.24) is 20.3 Å². The molecule has 0 bridgehead atoms. The SMILES string of the molecule is NCC(=O)NCc1cn(C2CCOC3(CCC3)C2)nn1. The fraction of sp³-hybridized carbons (Fsp3) is 0.769. The molecule has 1 saturated heterocycles. The average Bonchev–Trinajstić information content (AvgIpc) is 2.92. The van der Waals surface area contributed by atoms with Gasteiger partial charge in [-0.15, -0.1) is 5.10 Å². The van der Waals surface area contributed by atoms with E-state index in [1.165, 1.54) is 6.42 Å². The van der Waals surface area contributed by atoms with Crippen molar-refractivity contribution in [2.75, 3.05) is 13.2 Å². The third-order valence-corrected chi connectivity index (χ3v) is 4.32. The van der Waals surface area contributed by atoms with Crippen LogP contribution < -0.4 is 11.1 Å². The maximum absolute atomic E-state index is 11.1. The van der Waals surface area contributed by atoms with Gasteiger partial charge in [0.1, 0.15) is 5.69 Å².